The first-order chi connectivity index (χ1) is 9.70. The molecule has 0 aliphatic carbocycles. The van der Waals surface area contributed by atoms with Crippen molar-refractivity contribution in [1.29, 1.82) is 0 Å². The molecular formula is C14H20N4O2. The van der Waals surface area contributed by atoms with E-state index in [4.69, 9.17) is 4.74 Å². The van der Waals surface area contributed by atoms with E-state index in [-0.39, 0.29) is 11.8 Å². The van der Waals surface area contributed by atoms with E-state index in [0.717, 1.165) is 25.1 Å². The Hall–Kier alpha value is -2.08. The lowest BCUT2D eigenvalue weighted by molar-refractivity contribution is 0.372. The van der Waals surface area contributed by atoms with Gasteiger partial charge in [0.25, 0.3) is 0 Å². The molecule has 1 unspecified atom stereocenters. The van der Waals surface area contributed by atoms with Gasteiger partial charge < -0.3 is 15.2 Å². The van der Waals surface area contributed by atoms with E-state index < -0.39 is 0 Å². The van der Waals surface area contributed by atoms with Crippen LogP contribution in [0, 0.1) is 0 Å². The van der Waals surface area contributed by atoms with Gasteiger partial charge in [-0.3, -0.25) is 4.68 Å². The zero-order valence-electron chi connectivity index (χ0n) is 11.8. The number of rotatable bonds is 7. The van der Waals surface area contributed by atoms with Crippen molar-refractivity contribution in [3.05, 3.63) is 36.2 Å². The highest BCUT2D eigenvalue weighted by atomic mass is 16.5. The van der Waals surface area contributed by atoms with Gasteiger partial charge in [-0.1, -0.05) is 11.3 Å². The molecule has 0 aliphatic rings. The quantitative estimate of drug-likeness (QED) is 0.754. The molecule has 0 amide bonds. The number of methoxy groups -OCH3 is 1. The number of hydrogen-bond acceptors (Lipinski definition) is 5. The number of nitrogens with one attached hydrogen (secondary N) is 1. The third-order valence-electron chi connectivity index (χ3n) is 3.19. The van der Waals surface area contributed by atoms with E-state index in [9.17, 15) is 5.11 Å². The van der Waals surface area contributed by atoms with Crippen LogP contribution < -0.4 is 10.1 Å². The topological polar surface area (TPSA) is 72.2 Å². The van der Waals surface area contributed by atoms with Crippen LogP contribution in [0.25, 0.3) is 0 Å². The lowest BCUT2D eigenvalue weighted by Crippen LogP contribution is -2.21. The fourth-order valence-corrected chi connectivity index (χ4v) is 1.99. The summed E-state index contributed by atoms with van der Waals surface area (Å²) in [6.07, 6.45) is 4.51. The predicted octanol–water partition coefficient (Wildman–Crippen LogP) is 1.73. The van der Waals surface area contributed by atoms with Gasteiger partial charge in [0.1, 0.15) is 0 Å². The fraction of sp³-hybridized carbons (Fsp3) is 0.429. The molecule has 1 atom stereocenters. The van der Waals surface area contributed by atoms with Crippen LogP contribution in [0.1, 0.15) is 24.9 Å². The molecule has 6 heteroatoms. The summed E-state index contributed by atoms with van der Waals surface area (Å²) in [4.78, 5) is 0. The van der Waals surface area contributed by atoms with Crippen LogP contribution in [0.4, 0.5) is 0 Å². The van der Waals surface area contributed by atoms with Crippen LogP contribution >= 0.6 is 0 Å². The van der Waals surface area contributed by atoms with E-state index >= 15 is 0 Å². The molecular weight excluding hydrogens is 256 g/mol. The summed E-state index contributed by atoms with van der Waals surface area (Å²) in [5.41, 5.74) is 1.08. The Morgan fingerprint density at radius 2 is 2.30 bits per heavy atom. The van der Waals surface area contributed by atoms with Gasteiger partial charge in [0.2, 0.25) is 0 Å². The zero-order chi connectivity index (χ0) is 14.4. The van der Waals surface area contributed by atoms with Crippen molar-refractivity contribution in [1.82, 2.24) is 20.3 Å². The van der Waals surface area contributed by atoms with E-state index in [2.05, 4.69) is 22.6 Å². The van der Waals surface area contributed by atoms with Crippen molar-refractivity contribution < 1.29 is 9.84 Å². The van der Waals surface area contributed by atoms with Crippen molar-refractivity contribution in [2.45, 2.75) is 25.9 Å². The van der Waals surface area contributed by atoms with Gasteiger partial charge in [-0.05, 0) is 37.6 Å². The third kappa shape index (κ3) is 3.71. The predicted molar refractivity (Wildman–Crippen MR) is 75.7 cm³/mol. The van der Waals surface area contributed by atoms with Crippen molar-refractivity contribution in [2.24, 2.45) is 0 Å². The average Bonchev–Trinajstić information content (AvgIpc) is 2.97. The van der Waals surface area contributed by atoms with Gasteiger partial charge in [0.15, 0.2) is 11.5 Å². The highest BCUT2D eigenvalue weighted by molar-refractivity contribution is 5.42. The molecule has 0 saturated heterocycles. The molecule has 2 aromatic rings. The highest BCUT2D eigenvalue weighted by Crippen LogP contribution is 2.28. The summed E-state index contributed by atoms with van der Waals surface area (Å²) < 4.78 is 6.93. The molecule has 108 valence electrons. The first-order valence-corrected chi connectivity index (χ1v) is 6.65. The highest BCUT2D eigenvalue weighted by Gasteiger charge is 2.08. The Morgan fingerprint density at radius 1 is 1.45 bits per heavy atom. The molecule has 2 rings (SSSR count). The second-order valence-corrected chi connectivity index (χ2v) is 4.63. The van der Waals surface area contributed by atoms with Gasteiger partial charge >= 0.3 is 0 Å². The molecule has 1 aromatic carbocycles. The lowest BCUT2D eigenvalue weighted by atomic mass is 10.1. The largest absolute Gasteiger partial charge is 0.504 e. The average molecular weight is 276 g/mol. The Kier molecular flexibility index (Phi) is 4.95. The van der Waals surface area contributed by atoms with Crippen LogP contribution in [0.3, 0.4) is 0 Å². The maximum Gasteiger partial charge on any atom is 0.160 e. The summed E-state index contributed by atoms with van der Waals surface area (Å²) in [5, 5.41) is 20.7. The van der Waals surface area contributed by atoms with Crippen LogP contribution in [-0.2, 0) is 6.54 Å². The second kappa shape index (κ2) is 6.91. The van der Waals surface area contributed by atoms with Crippen molar-refractivity contribution >= 4 is 0 Å². The number of benzene rings is 1. The normalized spacial score (nSPS) is 12.3. The number of phenols is 1. The first kappa shape index (κ1) is 14.3. The summed E-state index contributed by atoms with van der Waals surface area (Å²) in [5.74, 6) is 0.661. The standard InChI is InChI=1S/C14H20N4O2/c1-11(12-4-5-13(19)14(10-12)20-2)15-6-3-8-18-9-7-16-17-18/h4-5,7,9-11,15,19H,3,6,8H2,1-2H3. The molecule has 20 heavy (non-hydrogen) atoms. The Labute approximate surface area is 118 Å². The number of ether oxygens (including phenoxy) is 1. The molecule has 0 saturated carbocycles. The minimum absolute atomic E-state index is 0.162. The molecule has 0 fully saturated rings. The first-order valence-electron chi connectivity index (χ1n) is 6.65. The van der Waals surface area contributed by atoms with Crippen LogP contribution in [0.5, 0.6) is 11.5 Å². The third-order valence-corrected chi connectivity index (χ3v) is 3.19. The number of phenolic OH excluding ortho intramolecular Hbond substituents is 1. The molecule has 2 N–H and O–H groups in total. The fourth-order valence-electron chi connectivity index (χ4n) is 1.99. The molecule has 0 aliphatic heterocycles. The monoisotopic (exact) mass is 276 g/mol. The molecule has 0 spiro atoms. The SMILES string of the molecule is COc1cc(C(C)NCCCn2ccnn2)ccc1O. The zero-order valence-corrected chi connectivity index (χ0v) is 11.8. The van der Waals surface area contributed by atoms with Gasteiger partial charge in [0, 0.05) is 18.8 Å². The Morgan fingerprint density at radius 3 is 3.00 bits per heavy atom. The van der Waals surface area contributed by atoms with Gasteiger partial charge in [0.05, 0.1) is 13.3 Å². The summed E-state index contributed by atoms with van der Waals surface area (Å²) in [6, 6.07) is 5.60. The van der Waals surface area contributed by atoms with Gasteiger partial charge in [-0.25, -0.2) is 0 Å². The van der Waals surface area contributed by atoms with Crippen LogP contribution in [0.15, 0.2) is 30.6 Å². The Balaban J connectivity index is 1.80. The van der Waals surface area contributed by atoms with E-state index in [0.29, 0.717) is 5.75 Å². The minimum Gasteiger partial charge on any atom is -0.504 e. The maximum atomic E-state index is 9.58. The number of aromatic hydroxyl groups is 1. The van der Waals surface area contributed by atoms with Crippen LogP contribution in [-0.4, -0.2) is 33.8 Å². The van der Waals surface area contributed by atoms with Gasteiger partial charge in [-0.15, -0.1) is 5.10 Å². The minimum atomic E-state index is 0.162. The maximum absolute atomic E-state index is 9.58. The van der Waals surface area contributed by atoms with E-state index in [1.165, 1.54) is 0 Å². The second-order valence-electron chi connectivity index (χ2n) is 4.63. The van der Waals surface area contributed by atoms with Crippen molar-refractivity contribution in [2.75, 3.05) is 13.7 Å². The van der Waals surface area contributed by atoms with Crippen LogP contribution in [0.2, 0.25) is 0 Å². The van der Waals surface area contributed by atoms with Gasteiger partial charge in [-0.2, -0.15) is 0 Å². The number of aryl methyl sites for hydroxylation is 1. The summed E-state index contributed by atoms with van der Waals surface area (Å²) >= 11 is 0. The van der Waals surface area contributed by atoms with Crippen molar-refractivity contribution in [3.63, 3.8) is 0 Å². The lowest BCUT2D eigenvalue weighted by Gasteiger charge is -2.15. The smallest absolute Gasteiger partial charge is 0.160 e. The Bertz CT molecular complexity index is 528. The molecule has 1 heterocycles. The number of nitrogens with zero attached hydrogens (tertiary/aromatic N) is 3. The molecule has 6 nitrogen and oxygen atoms in total. The van der Waals surface area contributed by atoms with E-state index in [1.54, 1.807) is 19.4 Å². The van der Waals surface area contributed by atoms with E-state index in [1.807, 2.05) is 23.0 Å². The number of hydrogen-bond donors (Lipinski definition) is 2. The summed E-state index contributed by atoms with van der Waals surface area (Å²) in [6.45, 7) is 3.81. The summed E-state index contributed by atoms with van der Waals surface area (Å²) in [7, 11) is 1.55. The number of aromatic nitrogens is 3. The molecule has 0 bridgehead atoms. The van der Waals surface area contributed by atoms with Crippen molar-refractivity contribution in [3.8, 4) is 11.5 Å². The molecule has 1 aromatic heterocycles. The molecule has 0 radical (unpaired) electrons.